The zero-order chi connectivity index (χ0) is 11.7. The smallest absolute Gasteiger partial charge is 0.227 e. The highest BCUT2D eigenvalue weighted by molar-refractivity contribution is 6.27. The second-order valence-electron chi connectivity index (χ2n) is 3.46. The van der Waals surface area contributed by atoms with Crippen molar-refractivity contribution in [3.05, 3.63) is 45.5 Å². The van der Waals surface area contributed by atoms with Gasteiger partial charge in [-0.15, -0.1) is 5.01 Å². The molecule has 0 aliphatic carbocycles. The number of benzene rings is 1. The first-order valence-electron chi connectivity index (χ1n) is 4.63. The number of aldehydes is 1. The van der Waals surface area contributed by atoms with Crippen molar-refractivity contribution in [2.24, 2.45) is 0 Å². The zero-order valence-corrected chi connectivity index (χ0v) is 8.20. The normalized spacial score (nSPS) is 18.0. The molecule has 0 fully saturated rings. The van der Waals surface area contributed by atoms with Crippen molar-refractivity contribution < 1.29 is 14.6 Å². The number of Topliss-reactive ketones (excluding diaryl/α,β-unsaturated/α-hetero) is 1. The summed E-state index contributed by atoms with van der Waals surface area (Å²) in [6.45, 7) is 0.0490. The molecule has 0 bridgehead atoms. The predicted molar refractivity (Wildman–Crippen MR) is 52.8 cm³/mol. The van der Waals surface area contributed by atoms with Gasteiger partial charge in [0.25, 0.3) is 0 Å². The zero-order valence-electron chi connectivity index (χ0n) is 8.20. The van der Waals surface area contributed by atoms with Gasteiger partial charge >= 0.3 is 0 Å². The van der Waals surface area contributed by atoms with Crippen LogP contribution < -0.4 is 0 Å². The Morgan fingerprint density at radius 1 is 1.50 bits per heavy atom. The molecule has 0 N–H and O–H groups in total. The minimum atomic E-state index is -1.08. The fourth-order valence-electron chi connectivity index (χ4n) is 1.89. The highest BCUT2D eigenvalue weighted by Gasteiger charge is 2.41. The number of hydrogen-bond donors (Lipinski definition) is 0. The standard InChI is InChI=1S/C10H8N2O4/c13-6-9(14)10-8-4-2-1-3-7(8)5-11(10)12(15)16/h1-4,6,10H,5H2. The predicted octanol–water partition coefficient (Wildman–Crippen LogP) is 0.503. The van der Waals surface area contributed by atoms with Gasteiger partial charge < -0.3 is 0 Å². The van der Waals surface area contributed by atoms with Gasteiger partial charge in [-0.2, -0.15) is 0 Å². The van der Waals surface area contributed by atoms with Crippen molar-refractivity contribution in [3.63, 3.8) is 0 Å². The molecule has 1 aromatic rings. The van der Waals surface area contributed by atoms with E-state index in [1.807, 2.05) is 0 Å². The molecule has 2 rings (SSSR count). The molecular weight excluding hydrogens is 212 g/mol. The van der Waals surface area contributed by atoms with E-state index in [4.69, 9.17) is 0 Å². The average molecular weight is 220 g/mol. The van der Waals surface area contributed by atoms with Crippen LogP contribution in [-0.4, -0.2) is 22.1 Å². The van der Waals surface area contributed by atoms with E-state index in [0.717, 1.165) is 5.01 Å². The Bertz CT molecular complexity index is 472. The first kappa shape index (κ1) is 10.3. The topological polar surface area (TPSA) is 80.5 Å². The first-order chi connectivity index (χ1) is 7.65. The summed E-state index contributed by atoms with van der Waals surface area (Å²) in [6.07, 6.45) is 0.128. The monoisotopic (exact) mass is 220 g/mol. The maximum absolute atomic E-state index is 11.4. The van der Waals surface area contributed by atoms with E-state index in [1.165, 1.54) is 0 Å². The van der Waals surface area contributed by atoms with Gasteiger partial charge in [0.15, 0.2) is 17.4 Å². The van der Waals surface area contributed by atoms with Gasteiger partial charge in [0, 0.05) is 0 Å². The molecule has 0 aromatic heterocycles. The van der Waals surface area contributed by atoms with E-state index in [1.54, 1.807) is 24.3 Å². The van der Waals surface area contributed by atoms with E-state index in [0.29, 0.717) is 11.1 Å². The number of rotatable bonds is 3. The third-order valence-corrected chi connectivity index (χ3v) is 2.58. The molecule has 0 saturated heterocycles. The summed E-state index contributed by atoms with van der Waals surface area (Å²) in [5, 5.41) is 10.9. The molecule has 6 heteroatoms. The van der Waals surface area contributed by atoms with Crippen molar-refractivity contribution in [2.45, 2.75) is 12.6 Å². The minimum absolute atomic E-state index is 0.0490. The molecule has 82 valence electrons. The SMILES string of the molecule is O=CC(=O)C1c2ccccc2CN1[N+](=O)[O-]. The van der Waals surface area contributed by atoms with E-state index in [9.17, 15) is 19.7 Å². The highest BCUT2D eigenvalue weighted by atomic mass is 16.7. The summed E-state index contributed by atoms with van der Waals surface area (Å²) in [5.74, 6) is -0.790. The third kappa shape index (κ3) is 1.44. The van der Waals surface area contributed by atoms with Crippen molar-refractivity contribution in [1.82, 2.24) is 5.01 Å². The van der Waals surface area contributed by atoms with E-state index in [-0.39, 0.29) is 12.8 Å². The second kappa shape index (κ2) is 3.73. The fourth-order valence-corrected chi connectivity index (χ4v) is 1.89. The molecule has 0 saturated carbocycles. The van der Waals surface area contributed by atoms with Gasteiger partial charge in [-0.1, -0.05) is 24.3 Å². The maximum atomic E-state index is 11.4. The van der Waals surface area contributed by atoms with Crippen LogP contribution in [-0.2, 0) is 16.1 Å². The summed E-state index contributed by atoms with van der Waals surface area (Å²) < 4.78 is 0. The van der Waals surface area contributed by atoms with Crippen LogP contribution in [0.4, 0.5) is 0 Å². The van der Waals surface area contributed by atoms with E-state index in [2.05, 4.69) is 0 Å². The molecule has 1 unspecified atom stereocenters. The van der Waals surface area contributed by atoms with Crippen LogP contribution in [0, 0.1) is 10.1 Å². The van der Waals surface area contributed by atoms with E-state index >= 15 is 0 Å². The van der Waals surface area contributed by atoms with Crippen LogP contribution in [0.3, 0.4) is 0 Å². The number of carbonyl (C=O) groups excluding carboxylic acids is 2. The number of hydrogen-bond acceptors (Lipinski definition) is 4. The number of ketones is 1. The summed E-state index contributed by atoms with van der Waals surface area (Å²) in [7, 11) is 0. The molecule has 6 nitrogen and oxygen atoms in total. The molecule has 16 heavy (non-hydrogen) atoms. The van der Waals surface area contributed by atoms with Gasteiger partial charge in [0.1, 0.15) is 6.54 Å². The van der Waals surface area contributed by atoms with Crippen LogP contribution in [0.15, 0.2) is 24.3 Å². The number of hydrazine groups is 1. The Kier molecular flexibility index (Phi) is 2.40. The Hall–Kier alpha value is -2.24. The molecular formula is C10H8N2O4. The van der Waals surface area contributed by atoms with Gasteiger partial charge in [0.2, 0.25) is 5.78 Å². The summed E-state index contributed by atoms with van der Waals surface area (Å²) in [4.78, 5) is 32.6. The average Bonchev–Trinajstić information content (AvgIpc) is 2.67. The lowest BCUT2D eigenvalue weighted by Crippen LogP contribution is -2.33. The third-order valence-electron chi connectivity index (χ3n) is 2.58. The minimum Gasteiger partial charge on any atom is -0.294 e. The van der Waals surface area contributed by atoms with Crippen molar-refractivity contribution >= 4 is 12.1 Å². The van der Waals surface area contributed by atoms with Gasteiger partial charge in [0.05, 0.1) is 0 Å². The maximum Gasteiger partial charge on any atom is 0.227 e. The summed E-state index contributed by atoms with van der Waals surface area (Å²) >= 11 is 0. The Labute approximate surface area is 90.6 Å². The second-order valence-corrected chi connectivity index (χ2v) is 3.46. The lowest BCUT2D eigenvalue weighted by molar-refractivity contribution is -0.664. The van der Waals surface area contributed by atoms with Crippen LogP contribution in [0.2, 0.25) is 0 Å². The van der Waals surface area contributed by atoms with Crippen molar-refractivity contribution in [3.8, 4) is 0 Å². The first-order valence-corrected chi connectivity index (χ1v) is 4.63. The lowest BCUT2D eigenvalue weighted by Gasteiger charge is -2.13. The van der Waals surface area contributed by atoms with Gasteiger partial charge in [-0.25, -0.2) is 10.1 Å². The van der Waals surface area contributed by atoms with Crippen LogP contribution in [0.1, 0.15) is 17.2 Å². The Balaban J connectivity index is 2.47. The number of nitro groups is 1. The quantitative estimate of drug-likeness (QED) is 0.321. The lowest BCUT2D eigenvalue weighted by atomic mass is 10.0. The Morgan fingerprint density at radius 3 is 2.81 bits per heavy atom. The summed E-state index contributed by atoms with van der Waals surface area (Å²) in [5.41, 5.74) is 1.25. The molecule has 1 heterocycles. The van der Waals surface area contributed by atoms with Gasteiger partial charge in [-0.3, -0.25) is 9.59 Å². The summed E-state index contributed by atoms with van der Waals surface area (Å²) in [6, 6.07) is 5.69. The molecule has 1 aliphatic heterocycles. The van der Waals surface area contributed by atoms with Crippen LogP contribution in [0.5, 0.6) is 0 Å². The highest BCUT2D eigenvalue weighted by Crippen LogP contribution is 2.33. The number of nitrogens with zero attached hydrogens (tertiary/aromatic N) is 2. The Morgan fingerprint density at radius 2 is 2.19 bits per heavy atom. The van der Waals surface area contributed by atoms with Gasteiger partial charge in [-0.05, 0) is 11.1 Å². The molecule has 0 spiro atoms. The van der Waals surface area contributed by atoms with Crippen molar-refractivity contribution in [1.29, 1.82) is 0 Å². The molecule has 0 radical (unpaired) electrons. The number of carbonyl (C=O) groups is 2. The van der Waals surface area contributed by atoms with Crippen molar-refractivity contribution in [2.75, 3.05) is 0 Å². The van der Waals surface area contributed by atoms with Crippen LogP contribution >= 0.6 is 0 Å². The molecule has 1 atom stereocenters. The van der Waals surface area contributed by atoms with Crippen LogP contribution in [0.25, 0.3) is 0 Å². The number of fused-ring (bicyclic) bond motifs is 1. The molecule has 1 aromatic carbocycles. The largest absolute Gasteiger partial charge is 0.294 e. The van der Waals surface area contributed by atoms with E-state index < -0.39 is 16.9 Å². The molecule has 0 amide bonds. The molecule has 1 aliphatic rings. The fraction of sp³-hybridized carbons (Fsp3) is 0.200.